The molecule has 3 aromatic rings. The molecule has 0 atom stereocenters. The number of benzene rings is 3. The van der Waals surface area contributed by atoms with Gasteiger partial charge in [0.1, 0.15) is 5.75 Å². The predicted molar refractivity (Wildman–Crippen MR) is 109 cm³/mol. The predicted octanol–water partition coefficient (Wildman–Crippen LogP) is 5.61. The highest BCUT2D eigenvalue weighted by molar-refractivity contribution is 5.97. The summed E-state index contributed by atoms with van der Waals surface area (Å²) in [6, 6.07) is 21.1. The van der Waals surface area contributed by atoms with Gasteiger partial charge in [0, 0.05) is 25.1 Å². The van der Waals surface area contributed by atoms with Gasteiger partial charge in [-0.2, -0.15) is 0 Å². The molecule has 0 unspecified atom stereocenters. The van der Waals surface area contributed by atoms with Crippen molar-refractivity contribution >= 4 is 5.78 Å². The molecule has 1 N–H and O–H groups in total. The number of rotatable bonds is 8. The first-order chi connectivity index (χ1) is 14.3. The van der Waals surface area contributed by atoms with Crippen LogP contribution in [-0.4, -0.2) is 12.1 Å². The van der Waals surface area contributed by atoms with Crippen LogP contribution in [0.25, 0.3) is 0 Å². The molecular weight excluding hydrogens is 391 g/mol. The molecule has 0 aliphatic rings. The standard InChI is InChI=1S/C24H22F3NO2/c1-17-5-9-21(10-6-17)23(29)14-19-3-2-4-20(13-19)16-28-15-18-7-11-22(12-8-18)30-24(25,26)27/h2-13,28H,14-16H2,1H3. The van der Waals surface area contributed by atoms with Crippen LogP contribution in [-0.2, 0) is 19.5 Å². The summed E-state index contributed by atoms with van der Waals surface area (Å²) in [7, 11) is 0. The van der Waals surface area contributed by atoms with Crippen molar-refractivity contribution in [1.82, 2.24) is 5.32 Å². The summed E-state index contributed by atoms with van der Waals surface area (Å²) in [5.74, 6) is -0.168. The minimum Gasteiger partial charge on any atom is -0.406 e. The Kier molecular flexibility index (Phi) is 6.90. The normalized spacial score (nSPS) is 11.3. The van der Waals surface area contributed by atoms with E-state index in [2.05, 4.69) is 10.1 Å². The SMILES string of the molecule is Cc1ccc(C(=O)Cc2cccc(CNCc3ccc(OC(F)(F)F)cc3)c2)cc1. The van der Waals surface area contributed by atoms with E-state index in [0.29, 0.717) is 25.1 Å². The zero-order valence-corrected chi connectivity index (χ0v) is 16.5. The van der Waals surface area contributed by atoms with Crippen LogP contribution in [0, 0.1) is 6.92 Å². The van der Waals surface area contributed by atoms with E-state index in [1.165, 1.54) is 12.1 Å². The largest absolute Gasteiger partial charge is 0.573 e. The number of alkyl halides is 3. The molecule has 156 valence electrons. The van der Waals surface area contributed by atoms with Crippen LogP contribution in [0.3, 0.4) is 0 Å². The Morgan fingerprint density at radius 3 is 2.17 bits per heavy atom. The van der Waals surface area contributed by atoms with Crippen molar-refractivity contribution in [1.29, 1.82) is 0 Å². The lowest BCUT2D eigenvalue weighted by Crippen LogP contribution is -2.17. The molecule has 0 bridgehead atoms. The number of carbonyl (C=O) groups excluding carboxylic acids is 1. The molecule has 0 heterocycles. The van der Waals surface area contributed by atoms with E-state index < -0.39 is 6.36 Å². The summed E-state index contributed by atoms with van der Waals surface area (Å²) in [5, 5.41) is 3.26. The van der Waals surface area contributed by atoms with Crippen molar-refractivity contribution in [3.8, 4) is 5.75 Å². The fourth-order valence-electron chi connectivity index (χ4n) is 3.04. The summed E-state index contributed by atoms with van der Waals surface area (Å²) in [6.07, 6.45) is -4.36. The number of ketones is 1. The maximum atomic E-state index is 12.5. The minimum atomic E-state index is -4.69. The molecule has 3 aromatic carbocycles. The van der Waals surface area contributed by atoms with Gasteiger partial charge in [-0.1, -0.05) is 66.2 Å². The molecule has 6 heteroatoms. The number of ether oxygens (including phenoxy) is 1. The third-order valence-electron chi connectivity index (χ3n) is 4.54. The monoisotopic (exact) mass is 413 g/mol. The highest BCUT2D eigenvalue weighted by Gasteiger charge is 2.30. The Balaban J connectivity index is 1.51. The van der Waals surface area contributed by atoms with Crippen LogP contribution < -0.4 is 10.1 Å². The summed E-state index contributed by atoms with van der Waals surface area (Å²) < 4.78 is 40.5. The molecule has 0 aliphatic heterocycles. The number of halogens is 3. The average Bonchev–Trinajstić information content (AvgIpc) is 2.69. The summed E-state index contributed by atoms with van der Waals surface area (Å²) >= 11 is 0. The average molecular weight is 413 g/mol. The Morgan fingerprint density at radius 1 is 0.867 bits per heavy atom. The first kappa shape index (κ1) is 21.6. The van der Waals surface area contributed by atoms with E-state index in [9.17, 15) is 18.0 Å². The molecule has 30 heavy (non-hydrogen) atoms. The van der Waals surface area contributed by atoms with E-state index in [-0.39, 0.29) is 11.5 Å². The van der Waals surface area contributed by atoms with E-state index in [1.54, 1.807) is 12.1 Å². The second-order valence-electron chi connectivity index (χ2n) is 7.08. The molecule has 3 rings (SSSR count). The van der Waals surface area contributed by atoms with Crippen molar-refractivity contribution in [2.24, 2.45) is 0 Å². The highest BCUT2D eigenvalue weighted by atomic mass is 19.4. The number of hydrogen-bond acceptors (Lipinski definition) is 3. The van der Waals surface area contributed by atoms with Crippen molar-refractivity contribution in [2.75, 3.05) is 0 Å². The lowest BCUT2D eigenvalue weighted by Gasteiger charge is -2.10. The van der Waals surface area contributed by atoms with Gasteiger partial charge in [0.15, 0.2) is 5.78 Å². The van der Waals surface area contributed by atoms with E-state index in [1.807, 2.05) is 55.5 Å². The molecule has 0 spiro atoms. The molecule has 0 aromatic heterocycles. The third-order valence-corrected chi connectivity index (χ3v) is 4.54. The Morgan fingerprint density at radius 2 is 1.50 bits per heavy atom. The fraction of sp³-hybridized carbons (Fsp3) is 0.208. The van der Waals surface area contributed by atoms with Crippen molar-refractivity contribution < 1.29 is 22.7 Å². The van der Waals surface area contributed by atoms with Gasteiger partial charge >= 0.3 is 6.36 Å². The molecule has 0 saturated heterocycles. The number of aryl methyl sites for hydroxylation is 1. The van der Waals surface area contributed by atoms with E-state index in [4.69, 9.17) is 0 Å². The topological polar surface area (TPSA) is 38.3 Å². The maximum Gasteiger partial charge on any atom is 0.573 e. The van der Waals surface area contributed by atoms with Crippen LogP contribution in [0.5, 0.6) is 5.75 Å². The van der Waals surface area contributed by atoms with Crippen molar-refractivity contribution in [3.05, 3.63) is 101 Å². The number of nitrogens with one attached hydrogen (secondary N) is 1. The van der Waals surface area contributed by atoms with Gasteiger partial charge in [-0.3, -0.25) is 4.79 Å². The lowest BCUT2D eigenvalue weighted by atomic mass is 10.0. The van der Waals surface area contributed by atoms with Gasteiger partial charge in [-0.05, 0) is 35.7 Å². The molecule has 3 nitrogen and oxygen atoms in total. The Bertz CT molecular complexity index is 981. The van der Waals surface area contributed by atoms with Gasteiger partial charge in [0.2, 0.25) is 0 Å². The van der Waals surface area contributed by atoms with Crippen LogP contribution in [0.2, 0.25) is 0 Å². The molecule has 0 saturated carbocycles. The third kappa shape index (κ3) is 6.74. The second-order valence-corrected chi connectivity index (χ2v) is 7.08. The lowest BCUT2D eigenvalue weighted by molar-refractivity contribution is -0.274. The minimum absolute atomic E-state index is 0.0706. The van der Waals surface area contributed by atoms with Gasteiger partial charge in [-0.25, -0.2) is 0 Å². The first-order valence-electron chi connectivity index (χ1n) is 9.51. The zero-order valence-electron chi connectivity index (χ0n) is 16.5. The summed E-state index contributed by atoms with van der Waals surface area (Å²) in [4.78, 5) is 12.5. The van der Waals surface area contributed by atoms with E-state index >= 15 is 0 Å². The quantitative estimate of drug-likeness (QED) is 0.488. The van der Waals surface area contributed by atoms with Crippen LogP contribution in [0.15, 0.2) is 72.8 Å². The molecule has 0 radical (unpaired) electrons. The zero-order chi connectivity index (χ0) is 21.6. The number of Topliss-reactive ketones (excluding diaryl/α,β-unsaturated/α-hetero) is 1. The van der Waals surface area contributed by atoms with Crippen LogP contribution >= 0.6 is 0 Å². The van der Waals surface area contributed by atoms with Crippen LogP contribution in [0.4, 0.5) is 13.2 Å². The number of hydrogen-bond donors (Lipinski definition) is 1. The fourth-order valence-corrected chi connectivity index (χ4v) is 3.04. The van der Waals surface area contributed by atoms with Gasteiger partial charge < -0.3 is 10.1 Å². The van der Waals surface area contributed by atoms with Gasteiger partial charge in [0.05, 0.1) is 0 Å². The second kappa shape index (κ2) is 9.59. The highest BCUT2D eigenvalue weighted by Crippen LogP contribution is 2.22. The summed E-state index contributed by atoms with van der Waals surface area (Å²) in [5.41, 5.74) is 4.62. The van der Waals surface area contributed by atoms with Gasteiger partial charge in [0.25, 0.3) is 0 Å². The van der Waals surface area contributed by atoms with E-state index in [0.717, 1.165) is 22.3 Å². The first-order valence-corrected chi connectivity index (χ1v) is 9.51. The molecule has 0 aliphatic carbocycles. The molecule has 0 amide bonds. The van der Waals surface area contributed by atoms with Crippen molar-refractivity contribution in [3.63, 3.8) is 0 Å². The van der Waals surface area contributed by atoms with Crippen LogP contribution in [0.1, 0.15) is 32.6 Å². The Labute approximate surface area is 173 Å². The maximum absolute atomic E-state index is 12.5. The van der Waals surface area contributed by atoms with Gasteiger partial charge in [-0.15, -0.1) is 13.2 Å². The smallest absolute Gasteiger partial charge is 0.406 e. The summed E-state index contributed by atoms with van der Waals surface area (Å²) in [6.45, 7) is 3.06. The molecule has 0 fully saturated rings. The Hall–Kier alpha value is -3.12. The molecular formula is C24H22F3NO2. The number of carbonyl (C=O) groups is 1. The van der Waals surface area contributed by atoms with Crippen molar-refractivity contribution in [2.45, 2.75) is 32.8 Å².